The Morgan fingerprint density at radius 2 is 2.00 bits per heavy atom. The van der Waals surface area contributed by atoms with E-state index in [9.17, 15) is 9.59 Å². The third kappa shape index (κ3) is 3.40. The van der Waals surface area contributed by atoms with Crippen molar-refractivity contribution in [1.82, 2.24) is 14.5 Å². The van der Waals surface area contributed by atoms with Gasteiger partial charge in [0.05, 0.1) is 17.1 Å². The summed E-state index contributed by atoms with van der Waals surface area (Å²) < 4.78 is 13.2. The number of hydrogen-bond donors (Lipinski definition) is 3. The molecule has 1 aliphatic rings. The van der Waals surface area contributed by atoms with E-state index in [2.05, 4.69) is 9.97 Å². The summed E-state index contributed by atoms with van der Waals surface area (Å²) >= 11 is 0. The van der Waals surface area contributed by atoms with Crippen LogP contribution in [0.2, 0.25) is 0 Å². The summed E-state index contributed by atoms with van der Waals surface area (Å²) in [5, 5.41) is 0.411. The highest BCUT2D eigenvalue weighted by Gasteiger charge is 2.42. The van der Waals surface area contributed by atoms with Crippen LogP contribution < -0.4 is 17.2 Å². The van der Waals surface area contributed by atoms with Crippen molar-refractivity contribution in [1.29, 1.82) is 0 Å². The fourth-order valence-electron chi connectivity index (χ4n) is 3.50. The Hall–Kier alpha value is -2.72. The molecule has 1 fully saturated rings. The van der Waals surface area contributed by atoms with Gasteiger partial charge in [0.15, 0.2) is 0 Å². The molecule has 0 radical (unpaired) electrons. The zero-order chi connectivity index (χ0) is 20.7. The number of aromatic nitrogens is 3. The minimum absolute atomic E-state index is 0.0480. The molecule has 1 saturated heterocycles. The third-order valence-corrected chi connectivity index (χ3v) is 5.29. The number of primary amides is 1. The number of carbonyl (C=O) groups excluding carboxylic acids is 2. The summed E-state index contributed by atoms with van der Waals surface area (Å²) in [4.78, 5) is 32.2. The van der Waals surface area contributed by atoms with Crippen molar-refractivity contribution in [3.8, 4) is 0 Å². The van der Waals surface area contributed by atoms with Crippen LogP contribution in [0.3, 0.4) is 0 Å². The molecule has 0 unspecified atom stereocenters. The van der Waals surface area contributed by atoms with Crippen LogP contribution in [0, 0.1) is 18.8 Å². The average molecular weight is 390 g/mol. The molecular formula is C18H26N6O4. The number of fused-ring (bicyclic) bond motifs is 1. The Morgan fingerprint density at radius 3 is 2.61 bits per heavy atom. The number of nitrogens with two attached hydrogens (primary N) is 3. The number of aryl methyl sites for hydroxylation is 1. The summed E-state index contributed by atoms with van der Waals surface area (Å²) in [6.45, 7) is 7.42. The molecule has 152 valence electrons. The van der Waals surface area contributed by atoms with Crippen molar-refractivity contribution in [2.75, 3.05) is 12.3 Å². The first-order valence-electron chi connectivity index (χ1n) is 9.14. The van der Waals surface area contributed by atoms with Gasteiger partial charge < -0.3 is 31.2 Å². The Bertz CT molecular complexity index is 924. The highest BCUT2D eigenvalue weighted by Crippen LogP contribution is 2.41. The number of carbonyl (C=O) groups is 2. The van der Waals surface area contributed by atoms with Gasteiger partial charge in [-0.3, -0.25) is 9.59 Å². The summed E-state index contributed by atoms with van der Waals surface area (Å²) in [5.41, 5.74) is 17.8. The molecule has 2 aromatic rings. The fourth-order valence-corrected chi connectivity index (χ4v) is 3.50. The van der Waals surface area contributed by atoms with Gasteiger partial charge in [0.1, 0.15) is 36.2 Å². The van der Waals surface area contributed by atoms with E-state index in [0.29, 0.717) is 16.9 Å². The first kappa shape index (κ1) is 20.0. The number of rotatable bonds is 5. The summed E-state index contributed by atoms with van der Waals surface area (Å²) in [6.07, 6.45) is 0.845. The van der Waals surface area contributed by atoms with Crippen molar-refractivity contribution in [2.24, 2.45) is 23.3 Å². The molecule has 10 nitrogen and oxygen atoms in total. The normalized spacial score (nSPS) is 25.8. The van der Waals surface area contributed by atoms with Crippen molar-refractivity contribution in [3.05, 3.63) is 17.6 Å². The predicted octanol–water partition coefficient (Wildman–Crippen LogP) is 0.481. The molecule has 0 saturated carbocycles. The second-order valence-electron chi connectivity index (χ2n) is 7.37. The van der Waals surface area contributed by atoms with Crippen molar-refractivity contribution in [2.45, 2.75) is 46.1 Å². The molecule has 1 amide bonds. The molecule has 28 heavy (non-hydrogen) atoms. The second kappa shape index (κ2) is 7.36. The average Bonchev–Trinajstić information content (AvgIpc) is 3.12. The number of ether oxygens (including phenoxy) is 2. The van der Waals surface area contributed by atoms with Gasteiger partial charge in [-0.25, -0.2) is 9.97 Å². The van der Waals surface area contributed by atoms with Crippen molar-refractivity contribution >= 4 is 28.7 Å². The van der Waals surface area contributed by atoms with Gasteiger partial charge >= 0.3 is 5.97 Å². The van der Waals surface area contributed by atoms with Gasteiger partial charge in [-0.1, -0.05) is 13.8 Å². The molecule has 1 aliphatic heterocycles. The van der Waals surface area contributed by atoms with Crippen LogP contribution >= 0.6 is 0 Å². The Balaban J connectivity index is 1.96. The molecule has 0 spiro atoms. The van der Waals surface area contributed by atoms with Gasteiger partial charge in [-0.05, 0) is 19.8 Å². The maximum Gasteiger partial charge on any atom is 0.322 e. The highest BCUT2D eigenvalue weighted by atomic mass is 16.6. The minimum atomic E-state index is -0.695. The van der Waals surface area contributed by atoms with Crippen LogP contribution in [0.5, 0.6) is 0 Å². The summed E-state index contributed by atoms with van der Waals surface area (Å²) in [5.74, 6) is -0.306. The lowest BCUT2D eigenvalue weighted by Gasteiger charge is -2.19. The molecule has 0 bridgehead atoms. The fraction of sp³-hybridized carbons (Fsp3) is 0.556. The van der Waals surface area contributed by atoms with Gasteiger partial charge in [0.25, 0.3) is 5.91 Å². The molecule has 5 atom stereocenters. The van der Waals surface area contributed by atoms with Gasteiger partial charge in [-0.15, -0.1) is 0 Å². The van der Waals surface area contributed by atoms with E-state index in [1.807, 2.05) is 13.8 Å². The van der Waals surface area contributed by atoms with E-state index >= 15 is 0 Å². The van der Waals surface area contributed by atoms with Crippen LogP contribution in [-0.2, 0) is 14.3 Å². The topological polar surface area (TPSA) is 161 Å². The maximum atomic E-state index is 11.9. The number of nitrogens with zero attached hydrogens (tertiary/aromatic N) is 3. The second-order valence-corrected chi connectivity index (χ2v) is 7.37. The van der Waals surface area contributed by atoms with E-state index < -0.39 is 24.1 Å². The van der Waals surface area contributed by atoms with E-state index in [1.165, 1.54) is 0 Å². The van der Waals surface area contributed by atoms with Gasteiger partial charge in [-0.2, -0.15) is 0 Å². The van der Waals surface area contributed by atoms with E-state index in [4.69, 9.17) is 26.7 Å². The van der Waals surface area contributed by atoms with Crippen LogP contribution in [-0.4, -0.2) is 45.2 Å². The molecule has 10 heteroatoms. The number of amides is 1. The minimum Gasteiger partial charge on any atom is -0.462 e. The van der Waals surface area contributed by atoms with Crippen LogP contribution in [0.4, 0.5) is 5.82 Å². The first-order valence-corrected chi connectivity index (χ1v) is 9.14. The lowest BCUT2D eigenvalue weighted by atomic mass is 9.93. The quantitative estimate of drug-likeness (QED) is 0.621. The van der Waals surface area contributed by atoms with Crippen LogP contribution in [0.1, 0.15) is 43.2 Å². The zero-order valence-corrected chi connectivity index (χ0v) is 16.4. The largest absolute Gasteiger partial charge is 0.462 e. The standard InChI is InChI=1S/C18H26N6O4/c1-7-8(2)17(28-12(7)6-27-18(26)9(3)19)24-5-11(15(21)25)13-14(20)22-10(4)23-16(13)24/h5,7-9,12,17H,6,19H2,1-4H3,(H2,21,25)(H2,20,22,23)/t7-,8+,9-,12+,17+/m0/s1. The lowest BCUT2D eigenvalue weighted by Crippen LogP contribution is -2.32. The van der Waals surface area contributed by atoms with Crippen LogP contribution in [0.25, 0.3) is 11.0 Å². The van der Waals surface area contributed by atoms with Crippen molar-refractivity contribution < 1.29 is 19.1 Å². The predicted molar refractivity (Wildman–Crippen MR) is 102 cm³/mol. The monoisotopic (exact) mass is 390 g/mol. The third-order valence-electron chi connectivity index (χ3n) is 5.29. The molecule has 0 aliphatic carbocycles. The first-order chi connectivity index (χ1) is 13.1. The Morgan fingerprint density at radius 1 is 1.32 bits per heavy atom. The number of anilines is 1. The molecule has 6 N–H and O–H groups in total. The molecule has 3 rings (SSSR count). The Kier molecular flexibility index (Phi) is 5.26. The Labute approximate surface area is 162 Å². The van der Waals surface area contributed by atoms with Gasteiger partial charge in [0, 0.05) is 12.1 Å². The molecule has 2 aromatic heterocycles. The number of hydrogen-bond acceptors (Lipinski definition) is 8. The van der Waals surface area contributed by atoms with Crippen molar-refractivity contribution in [3.63, 3.8) is 0 Å². The summed E-state index contributed by atoms with van der Waals surface area (Å²) in [6, 6.07) is -0.695. The summed E-state index contributed by atoms with van der Waals surface area (Å²) in [7, 11) is 0. The van der Waals surface area contributed by atoms with E-state index in [0.717, 1.165) is 0 Å². The van der Waals surface area contributed by atoms with Gasteiger partial charge in [0.2, 0.25) is 0 Å². The molecular weight excluding hydrogens is 364 g/mol. The smallest absolute Gasteiger partial charge is 0.322 e. The lowest BCUT2D eigenvalue weighted by molar-refractivity contribution is -0.150. The zero-order valence-electron chi connectivity index (χ0n) is 16.4. The van der Waals surface area contributed by atoms with Crippen LogP contribution in [0.15, 0.2) is 6.20 Å². The molecule has 0 aromatic carbocycles. The maximum absolute atomic E-state index is 11.9. The number of nitrogen functional groups attached to an aromatic ring is 1. The SMILES string of the molecule is Cc1nc(N)c2c(C(N)=O)cn([C@@H]3O[C@H](COC(=O)[C@H](C)N)[C@@H](C)[C@H]3C)c2n1. The van der Waals surface area contributed by atoms with E-state index in [-0.39, 0.29) is 35.9 Å². The molecule has 3 heterocycles. The van der Waals surface area contributed by atoms with E-state index in [1.54, 1.807) is 24.6 Å². The number of esters is 1. The highest BCUT2D eigenvalue weighted by molar-refractivity contribution is 6.08.